The highest BCUT2D eigenvalue weighted by atomic mass is 79.9. The van der Waals surface area contributed by atoms with Gasteiger partial charge in [0.2, 0.25) is 0 Å². The quantitative estimate of drug-likeness (QED) is 0.902. The van der Waals surface area contributed by atoms with Crippen LogP contribution in [-0.2, 0) is 6.42 Å². The van der Waals surface area contributed by atoms with Crippen LogP contribution in [0, 0.1) is 12.7 Å². The third kappa shape index (κ3) is 3.18. The SMILES string of the molecule is Cc1cccc(CC(O)c2ccc(Br)cc2F)c1. The number of benzene rings is 2. The van der Waals surface area contributed by atoms with Crippen LogP contribution < -0.4 is 0 Å². The van der Waals surface area contributed by atoms with Gasteiger partial charge in [-0.15, -0.1) is 0 Å². The Morgan fingerprint density at radius 2 is 2.00 bits per heavy atom. The molecule has 94 valence electrons. The molecule has 0 fully saturated rings. The van der Waals surface area contributed by atoms with Crippen molar-refractivity contribution in [2.24, 2.45) is 0 Å². The van der Waals surface area contributed by atoms with E-state index in [0.717, 1.165) is 11.1 Å². The molecule has 0 bridgehead atoms. The zero-order valence-electron chi connectivity index (χ0n) is 10.0. The second-order valence-corrected chi connectivity index (χ2v) is 5.29. The Labute approximate surface area is 114 Å². The van der Waals surface area contributed by atoms with Crippen molar-refractivity contribution < 1.29 is 9.50 Å². The van der Waals surface area contributed by atoms with Gasteiger partial charge in [-0.25, -0.2) is 4.39 Å². The molecule has 0 aliphatic rings. The lowest BCUT2D eigenvalue weighted by molar-refractivity contribution is 0.173. The van der Waals surface area contributed by atoms with Crippen LogP contribution in [0.25, 0.3) is 0 Å². The van der Waals surface area contributed by atoms with Crippen molar-refractivity contribution in [1.29, 1.82) is 0 Å². The lowest BCUT2D eigenvalue weighted by Gasteiger charge is -2.12. The minimum absolute atomic E-state index is 0.333. The van der Waals surface area contributed by atoms with E-state index in [1.54, 1.807) is 12.1 Å². The third-order valence-corrected chi connectivity index (χ3v) is 3.33. The summed E-state index contributed by atoms with van der Waals surface area (Å²) in [4.78, 5) is 0. The van der Waals surface area contributed by atoms with E-state index in [4.69, 9.17) is 0 Å². The van der Waals surface area contributed by atoms with Crippen LogP contribution in [0.4, 0.5) is 4.39 Å². The summed E-state index contributed by atoms with van der Waals surface area (Å²) < 4.78 is 14.4. The standard InChI is InChI=1S/C15H14BrFO/c1-10-3-2-4-11(7-10)8-15(18)13-6-5-12(16)9-14(13)17/h2-7,9,15,18H,8H2,1H3. The summed E-state index contributed by atoms with van der Waals surface area (Å²) in [5, 5.41) is 10.1. The maximum Gasteiger partial charge on any atom is 0.130 e. The molecular weight excluding hydrogens is 295 g/mol. The molecule has 18 heavy (non-hydrogen) atoms. The largest absolute Gasteiger partial charge is 0.388 e. The number of hydrogen-bond donors (Lipinski definition) is 1. The molecular formula is C15H14BrFO. The predicted molar refractivity (Wildman–Crippen MR) is 73.9 cm³/mol. The first-order valence-corrected chi connectivity index (χ1v) is 6.54. The number of halogens is 2. The molecule has 1 unspecified atom stereocenters. The van der Waals surface area contributed by atoms with Crippen LogP contribution in [0.2, 0.25) is 0 Å². The third-order valence-electron chi connectivity index (χ3n) is 2.83. The summed E-state index contributed by atoms with van der Waals surface area (Å²) in [6.45, 7) is 2.00. The molecule has 1 atom stereocenters. The van der Waals surface area contributed by atoms with E-state index in [-0.39, 0.29) is 5.82 Å². The Bertz CT molecular complexity index is 554. The number of rotatable bonds is 3. The molecule has 0 heterocycles. The Morgan fingerprint density at radius 3 is 2.67 bits per heavy atom. The Morgan fingerprint density at radius 1 is 1.22 bits per heavy atom. The van der Waals surface area contributed by atoms with Gasteiger partial charge in [0.05, 0.1) is 6.10 Å². The van der Waals surface area contributed by atoms with Gasteiger partial charge in [-0.05, 0) is 24.6 Å². The molecule has 1 N–H and O–H groups in total. The first-order valence-electron chi connectivity index (χ1n) is 5.75. The number of aryl methyl sites for hydroxylation is 1. The van der Waals surface area contributed by atoms with Crippen molar-refractivity contribution in [3.8, 4) is 0 Å². The Hall–Kier alpha value is -1.19. The molecule has 0 aliphatic heterocycles. The lowest BCUT2D eigenvalue weighted by Crippen LogP contribution is -2.04. The van der Waals surface area contributed by atoms with E-state index in [9.17, 15) is 9.50 Å². The summed E-state index contributed by atoms with van der Waals surface area (Å²) in [6, 6.07) is 12.6. The van der Waals surface area contributed by atoms with Crippen molar-refractivity contribution in [3.63, 3.8) is 0 Å². The van der Waals surface area contributed by atoms with Gasteiger partial charge in [-0.2, -0.15) is 0 Å². The van der Waals surface area contributed by atoms with Crippen LogP contribution in [0.15, 0.2) is 46.9 Å². The van der Waals surface area contributed by atoms with E-state index >= 15 is 0 Å². The first-order chi connectivity index (χ1) is 8.56. The molecule has 2 rings (SSSR count). The smallest absolute Gasteiger partial charge is 0.130 e. The molecule has 3 heteroatoms. The summed E-state index contributed by atoms with van der Waals surface area (Å²) in [5.74, 6) is -0.385. The second kappa shape index (κ2) is 5.63. The molecule has 0 amide bonds. The van der Waals surface area contributed by atoms with Crippen LogP contribution >= 0.6 is 15.9 Å². The molecule has 2 aromatic carbocycles. The fraction of sp³-hybridized carbons (Fsp3) is 0.200. The minimum atomic E-state index is -0.820. The van der Waals surface area contributed by atoms with Gasteiger partial charge in [-0.1, -0.05) is 51.8 Å². The van der Waals surface area contributed by atoms with Crippen molar-refractivity contribution >= 4 is 15.9 Å². The maximum atomic E-state index is 13.7. The molecule has 0 spiro atoms. The maximum absolute atomic E-state index is 13.7. The van der Waals surface area contributed by atoms with Crippen LogP contribution in [0.1, 0.15) is 22.8 Å². The second-order valence-electron chi connectivity index (χ2n) is 4.37. The molecule has 0 aromatic heterocycles. The Balaban J connectivity index is 2.19. The van der Waals surface area contributed by atoms with Crippen LogP contribution in [-0.4, -0.2) is 5.11 Å². The summed E-state index contributed by atoms with van der Waals surface area (Å²) in [6.07, 6.45) is -0.403. The molecule has 2 aromatic rings. The average molecular weight is 309 g/mol. The number of hydrogen-bond acceptors (Lipinski definition) is 1. The molecule has 0 aliphatic carbocycles. The highest BCUT2D eigenvalue weighted by molar-refractivity contribution is 9.10. The predicted octanol–water partition coefficient (Wildman–Crippen LogP) is 4.17. The van der Waals surface area contributed by atoms with Crippen molar-refractivity contribution in [2.75, 3.05) is 0 Å². The van der Waals surface area contributed by atoms with Gasteiger partial charge < -0.3 is 5.11 Å². The lowest BCUT2D eigenvalue weighted by atomic mass is 10.00. The number of aliphatic hydroxyl groups is 1. The van der Waals surface area contributed by atoms with Gasteiger partial charge >= 0.3 is 0 Å². The summed E-state index contributed by atoms with van der Waals surface area (Å²) >= 11 is 3.20. The monoisotopic (exact) mass is 308 g/mol. The summed E-state index contributed by atoms with van der Waals surface area (Å²) in [7, 11) is 0. The van der Waals surface area contributed by atoms with E-state index < -0.39 is 6.10 Å². The molecule has 0 radical (unpaired) electrons. The molecule has 0 saturated carbocycles. The zero-order valence-corrected chi connectivity index (χ0v) is 11.6. The van der Waals surface area contributed by atoms with E-state index in [1.807, 2.05) is 31.2 Å². The van der Waals surface area contributed by atoms with E-state index in [0.29, 0.717) is 16.5 Å². The highest BCUT2D eigenvalue weighted by Gasteiger charge is 2.13. The number of aliphatic hydroxyl groups excluding tert-OH is 1. The van der Waals surface area contributed by atoms with Crippen LogP contribution in [0.3, 0.4) is 0 Å². The van der Waals surface area contributed by atoms with E-state index in [2.05, 4.69) is 15.9 Å². The van der Waals surface area contributed by atoms with Crippen LogP contribution in [0.5, 0.6) is 0 Å². The van der Waals surface area contributed by atoms with E-state index in [1.165, 1.54) is 6.07 Å². The zero-order chi connectivity index (χ0) is 13.1. The highest BCUT2D eigenvalue weighted by Crippen LogP contribution is 2.24. The van der Waals surface area contributed by atoms with Crippen molar-refractivity contribution in [2.45, 2.75) is 19.4 Å². The van der Waals surface area contributed by atoms with Gasteiger partial charge in [0, 0.05) is 16.5 Å². The summed E-state index contributed by atoms with van der Waals surface area (Å²) in [5.41, 5.74) is 2.47. The van der Waals surface area contributed by atoms with Gasteiger partial charge in [0.25, 0.3) is 0 Å². The van der Waals surface area contributed by atoms with Crippen molar-refractivity contribution in [3.05, 3.63) is 69.4 Å². The Kier molecular flexibility index (Phi) is 4.15. The fourth-order valence-electron chi connectivity index (χ4n) is 1.94. The van der Waals surface area contributed by atoms with Gasteiger partial charge in [-0.3, -0.25) is 0 Å². The fourth-order valence-corrected chi connectivity index (χ4v) is 2.28. The molecule has 0 saturated heterocycles. The van der Waals surface area contributed by atoms with Crippen molar-refractivity contribution in [1.82, 2.24) is 0 Å². The average Bonchev–Trinajstić information content (AvgIpc) is 2.28. The molecule has 1 nitrogen and oxygen atoms in total. The first kappa shape index (κ1) is 13.2. The minimum Gasteiger partial charge on any atom is -0.388 e. The van der Waals surface area contributed by atoms with Gasteiger partial charge in [0.15, 0.2) is 0 Å². The normalized spacial score (nSPS) is 12.4. The topological polar surface area (TPSA) is 20.2 Å². The van der Waals surface area contributed by atoms with Gasteiger partial charge in [0.1, 0.15) is 5.82 Å².